The van der Waals surface area contributed by atoms with Crippen LogP contribution in [0.5, 0.6) is 5.75 Å². The van der Waals surface area contributed by atoms with Gasteiger partial charge >= 0.3 is 0 Å². The molecule has 1 aliphatic carbocycles. The molecule has 1 aromatic rings. The molecule has 2 aliphatic rings. The van der Waals surface area contributed by atoms with Crippen LogP contribution in [0, 0.1) is 0 Å². The SMILES string of the molecule is CN(C)C1(CCNC(=O)c2cc(Cl)cc3c2OCCN3)CCCCC1. The zero-order chi connectivity index (χ0) is 17.9. The summed E-state index contributed by atoms with van der Waals surface area (Å²) in [5, 5.41) is 6.84. The Morgan fingerprint density at radius 2 is 2.08 bits per heavy atom. The van der Waals surface area contributed by atoms with Gasteiger partial charge in [0.2, 0.25) is 0 Å². The molecule has 6 heteroatoms. The monoisotopic (exact) mass is 365 g/mol. The Bertz CT molecular complexity index is 627. The molecule has 1 aromatic carbocycles. The molecule has 0 atom stereocenters. The van der Waals surface area contributed by atoms with Gasteiger partial charge in [-0.15, -0.1) is 0 Å². The molecule has 0 unspecified atom stereocenters. The van der Waals surface area contributed by atoms with Gasteiger partial charge in [0.1, 0.15) is 6.61 Å². The second-order valence-electron chi connectivity index (χ2n) is 7.29. The summed E-state index contributed by atoms with van der Waals surface area (Å²) in [7, 11) is 4.31. The molecule has 1 amide bonds. The number of fused-ring (bicyclic) bond motifs is 1. The van der Waals surface area contributed by atoms with Crippen LogP contribution >= 0.6 is 11.6 Å². The summed E-state index contributed by atoms with van der Waals surface area (Å²) in [6.07, 6.45) is 7.24. The number of benzene rings is 1. The van der Waals surface area contributed by atoms with E-state index in [4.69, 9.17) is 16.3 Å². The van der Waals surface area contributed by atoms with Crippen molar-refractivity contribution in [3.8, 4) is 5.75 Å². The predicted octanol–water partition coefficient (Wildman–Crippen LogP) is 3.53. The lowest BCUT2D eigenvalue weighted by molar-refractivity contribution is 0.0833. The first kappa shape index (κ1) is 18.3. The fourth-order valence-corrected chi connectivity index (χ4v) is 4.24. The molecule has 0 spiro atoms. The lowest BCUT2D eigenvalue weighted by atomic mass is 9.78. The largest absolute Gasteiger partial charge is 0.489 e. The Labute approximate surface area is 155 Å². The Kier molecular flexibility index (Phi) is 5.74. The number of amides is 1. The molecule has 2 N–H and O–H groups in total. The molecule has 25 heavy (non-hydrogen) atoms. The number of carbonyl (C=O) groups excluding carboxylic acids is 1. The summed E-state index contributed by atoms with van der Waals surface area (Å²) < 4.78 is 5.69. The van der Waals surface area contributed by atoms with Crippen molar-refractivity contribution in [3.63, 3.8) is 0 Å². The fraction of sp³-hybridized carbons (Fsp3) is 0.632. The van der Waals surface area contributed by atoms with Crippen LogP contribution in [0.4, 0.5) is 5.69 Å². The second-order valence-corrected chi connectivity index (χ2v) is 7.73. The van der Waals surface area contributed by atoms with Gasteiger partial charge in [0, 0.05) is 23.7 Å². The van der Waals surface area contributed by atoms with Gasteiger partial charge in [0.15, 0.2) is 5.75 Å². The van der Waals surface area contributed by atoms with Gasteiger partial charge in [-0.25, -0.2) is 0 Å². The predicted molar refractivity (Wildman–Crippen MR) is 102 cm³/mol. The van der Waals surface area contributed by atoms with E-state index in [0.29, 0.717) is 29.5 Å². The Morgan fingerprint density at radius 3 is 2.80 bits per heavy atom. The number of anilines is 1. The van der Waals surface area contributed by atoms with Gasteiger partial charge in [0.25, 0.3) is 5.91 Å². The van der Waals surface area contributed by atoms with E-state index < -0.39 is 0 Å². The van der Waals surface area contributed by atoms with E-state index in [2.05, 4.69) is 29.6 Å². The maximum absolute atomic E-state index is 12.7. The average Bonchev–Trinajstić information content (AvgIpc) is 2.61. The molecule has 138 valence electrons. The second kappa shape index (κ2) is 7.83. The molecule has 0 aromatic heterocycles. The van der Waals surface area contributed by atoms with E-state index in [-0.39, 0.29) is 11.4 Å². The third-order valence-corrected chi connectivity index (χ3v) is 5.79. The van der Waals surface area contributed by atoms with Gasteiger partial charge in [-0.1, -0.05) is 30.9 Å². The molecule has 1 fully saturated rings. The Balaban J connectivity index is 1.66. The number of hydrogen-bond donors (Lipinski definition) is 2. The van der Waals surface area contributed by atoms with Crippen LogP contribution in [0.1, 0.15) is 48.9 Å². The topological polar surface area (TPSA) is 53.6 Å². The van der Waals surface area contributed by atoms with Crippen molar-refractivity contribution in [2.24, 2.45) is 0 Å². The van der Waals surface area contributed by atoms with Gasteiger partial charge in [-0.3, -0.25) is 4.79 Å². The molecule has 5 nitrogen and oxygen atoms in total. The summed E-state index contributed by atoms with van der Waals surface area (Å²) in [4.78, 5) is 15.0. The molecule has 1 saturated carbocycles. The number of ether oxygens (including phenoxy) is 1. The minimum absolute atomic E-state index is 0.118. The first-order chi connectivity index (χ1) is 12.0. The van der Waals surface area contributed by atoms with Crippen molar-refractivity contribution < 1.29 is 9.53 Å². The Hall–Kier alpha value is -1.46. The molecular weight excluding hydrogens is 338 g/mol. The van der Waals surface area contributed by atoms with E-state index in [1.165, 1.54) is 32.1 Å². The molecule has 1 heterocycles. The van der Waals surface area contributed by atoms with E-state index >= 15 is 0 Å². The van der Waals surface area contributed by atoms with Crippen molar-refractivity contribution in [1.82, 2.24) is 10.2 Å². The van der Waals surface area contributed by atoms with E-state index in [1.807, 2.05) is 0 Å². The minimum atomic E-state index is -0.118. The zero-order valence-corrected chi connectivity index (χ0v) is 15.9. The molecular formula is C19H28ClN3O2. The van der Waals surface area contributed by atoms with Crippen LogP contribution in [-0.2, 0) is 0 Å². The van der Waals surface area contributed by atoms with Gasteiger partial charge in [0.05, 0.1) is 11.3 Å². The maximum Gasteiger partial charge on any atom is 0.255 e. The normalized spacial score (nSPS) is 18.9. The molecule has 0 saturated heterocycles. The average molecular weight is 366 g/mol. The highest BCUT2D eigenvalue weighted by Crippen LogP contribution is 2.36. The number of hydrogen-bond acceptors (Lipinski definition) is 4. The molecule has 1 aliphatic heterocycles. The van der Waals surface area contributed by atoms with Crippen molar-refractivity contribution in [1.29, 1.82) is 0 Å². The standard InChI is InChI=1S/C19H28ClN3O2/c1-23(2)19(6-4-3-5-7-19)8-9-22-18(24)15-12-14(20)13-16-17(15)25-11-10-21-16/h12-13,21H,3-11H2,1-2H3,(H,22,24). The number of halogens is 1. The lowest BCUT2D eigenvalue weighted by Crippen LogP contribution is -2.48. The van der Waals surface area contributed by atoms with E-state index in [1.54, 1.807) is 12.1 Å². The van der Waals surface area contributed by atoms with E-state index in [0.717, 1.165) is 18.7 Å². The van der Waals surface area contributed by atoms with Crippen LogP contribution in [0.3, 0.4) is 0 Å². The highest BCUT2D eigenvalue weighted by Gasteiger charge is 2.33. The summed E-state index contributed by atoms with van der Waals surface area (Å²) >= 11 is 6.16. The smallest absolute Gasteiger partial charge is 0.255 e. The van der Waals surface area contributed by atoms with Crippen LogP contribution < -0.4 is 15.4 Å². The van der Waals surface area contributed by atoms with Gasteiger partial charge in [-0.05, 0) is 45.5 Å². The maximum atomic E-state index is 12.7. The zero-order valence-electron chi connectivity index (χ0n) is 15.2. The summed E-state index contributed by atoms with van der Waals surface area (Å²) in [5.74, 6) is 0.486. The first-order valence-corrected chi connectivity index (χ1v) is 9.55. The number of carbonyl (C=O) groups is 1. The summed E-state index contributed by atoms with van der Waals surface area (Å²) in [6, 6.07) is 3.49. The number of nitrogens with one attached hydrogen (secondary N) is 2. The summed E-state index contributed by atoms with van der Waals surface area (Å²) in [5.41, 5.74) is 1.51. The van der Waals surface area contributed by atoms with Crippen LogP contribution in [-0.4, -0.2) is 50.1 Å². The van der Waals surface area contributed by atoms with Crippen molar-refractivity contribution in [2.45, 2.75) is 44.1 Å². The Morgan fingerprint density at radius 1 is 1.32 bits per heavy atom. The van der Waals surface area contributed by atoms with Crippen LogP contribution in [0.15, 0.2) is 12.1 Å². The number of rotatable bonds is 5. The summed E-state index contributed by atoms with van der Waals surface area (Å²) in [6.45, 7) is 1.93. The van der Waals surface area contributed by atoms with Gasteiger partial charge in [-0.2, -0.15) is 0 Å². The quantitative estimate of drug-likeness (QED) is 0.838. The third-order valence-electron chi connectivity index (χ3n) is 5.57. The lowest BCUT2D eigenvalue weighted by Gasteiger charge is -2.43. The van der Waals surface area contributed by atoms with Crippen molar-refractivity contribution >= 4 is 23.2 Å². The van der Waals surface area contributed by atoms with Crippen LogP contribution in [0.2, 0.25) is 5.02 Å². The molecule has 0 bridgehead atoms. The van der Waals surface area contributed by atoms with Crippen LogP contribution in [0.25, 0.3) is 0 Å². The highest BCUT2D eigenvalue weighted by molar-refractivity contribution is 6.31. The van der Waals surface area contributed by atoms with E-state index in [9.17, 15) is 4.79 Å². The molecule has 0 radical (unpaired) electrons. The number of nitrogens with zero attached hydrogens (tertiary/aromatic N) is 1. The van der Waals surface area contributed by atoms with Gasteiger partial charge < -0.3 is 20.3 Å². The molecule has 3 rings (SSSR count). The fourth-order valence-electron chi connectivity index (χ4n) is 4.02. The van der Waals surface area contributed by atoms with Crippen molar-refractivity contribution in [3.05, 3.63) is 22.7 Å². The first-order valence-electron chi connectivity index (χ1n) is 9.18. The van der Waals surface area contributed by atoms with Crippen molar-refractivity contribution in [2.75, 3.05) is 39.1 Å². The highest BCUT2D eigenvalue weighted by atomic mass is 35.5. The minimum Gasteiger partial charge on any atom is -0.489 e. The third kappa shape index (κ3) is 4.04.